The lowest BCUT2D eigenvalue weighted by molar-refractivity contribution is 0.0526. The molecule has 0 saturated carbocycles. The van der Waals surface area contributed by atoms with Crippen LogP contribution in [0.1, 0.15) is 81.1 Å². The number of aryl methyl sites for hydroxylation is 2. The number of hydrogen-bond acceptors (Lipinski definition) is 2. The quantitative estimate of drug-likeness (QED) is 0.234. The van der Waals surface area contributed by atoms with Crippen LogP contribution in [0.15, 0.2) is 53.0 Å². The van der Waals surface area contributed by atoms with Gasteiger partial charge < -0.3 is 4.74 Å². The first-order valence-electron chi connectivity index (χ1n) is 12.7. The number of rotatable bonds is 2. The maximum Gasteiger partial charge on any atom is 0.338 e. The molecule has 36 heavy (non-hydrogen) atoms. The van der Waals surface area contributed by atoms with Crippen LogP contribution in [-0.4, -0.2) is 12.6 Å². The van der Waals surface area contributed by atoms with Gasteiger partial charge in [0.05, 0.1) is 12.2 Å². The lowest BCUT2D eigenvalue weighted by Crippen LogP contribution is -2.11. The molecule has 4 aromatic rings. The van der Waals surface area contributed by atoms with Gasteiger partial charge in [-0.1, -0.05) is 81.7 Å². The highest BCUT2D eigenvalue weighted by Gasteiger charge is 2.20. The van der Waals surface area contributed by atoms with Crippen molar-refractivity contribution < 1.29 is 9.53 Å². The highest BCUT2D eigenvalue weighted by atomic mass is 79.9. The van der Waals surface area contributed by atoms with E-state index in [4.69, 9.17) is 4.74 Å². The summed E-state index contributed by atoms with van der Waals surface area (Å²) < 4.78 is 6.44. The van der Waals surface area contributed by atoms with Crippen LogP contribution in [-0.2, 0) is 15.6 Å². The molecule has 2 nitrogen and oxygen atoms in total. The lowest BCUT2D eigenvalue weighted by atomic mass is 9.82. The summed E-state index contributed by atoms with van der Waals surface area (Å²) in [6.45, 7) is 20.1. The van der Waals surface area contributed by atoms with E-state index in [0.717, 1.165) is 20.6 Å². The summed E-state index contributed by atoms with van der Waals surface area (Å²) in [5.41, 5.74) is 5.50. The summed E-state index contributed by atoms with van der Waals surface area (Å²) >= 11 is 3.95. The molecular weight excluding hydrogens is 508 g/mol. The summed E-state index contributed by atoms with van der Waals surface area (Å²) in [5, 5.41) is 6.92. The second kappa shape index (κ2) is 9.34. The Morgan fingerprint density at radius 1 is 0.722 bits per heavy atom. The molecule has 0 aliphatic heterocycles. The molecule has 4 bridgehead atoms. The van der Waals surface area contributed by atoms with Crippen LogP contribution in [0.5, 0.6) is 0 Å². The lowest BCUT2D eigenvalue weighted by Gasteiger charge is -2.23. The molecule has 0 saturated heterocycles. The third kappa shape index (κ3) is 4.83. The Kier molecular flexibility index (Phi) is 6.85. The molecule has 0 radical (unpaired) electrons. The fraction of sp³-hybridized carbons (Fsp3) is 0.364. The van der Waals surface area contributed by atoms with Crippen LogP contribution < -0.4 is 0 Å². The molecule has 3 heteroatoms. The predicted molar refractivity (Wildman–Crippen MR) is 158 cm³/mol. The van der Waals surface area contributed by atoms with Crippen molar-refractivity contribution in [2.75, 3.05) is 6.61 Å². The van der Waals surface area contributed by atoms with Crippen molar-refractivity contribution in [3.8, 4) is 0 Å². The van der Waals surface area contributed by atoms with Gasteiger partial charge in [0.1, 0.15) is 0 Å². The topological polar surface area (TPSA) is 26.3 Å². The van der Waals surface area contributed by atoms with Gasteiger partial charge in [0, 0.05) is 4.47 Å². The van der Waals surface area contributed by atoms with Crippen molar-refractivity contribution in [3.05, 3.63) is 80.8 Å². The zero-order valence-electron chi connectivity index (χ0n) is 23.0. The van der Waals surface area contributed by atoms with Crippen LogP contribution in [0.25, 0.3) is 32.3 Å². The molecule has 0 heterocycles. The predicted octanol–water partition coefficient (Wildman–Crippen LogP) is 9.86. The van der Waals surface area contributed by atoms with E-state index in [2.05, 4.69) is 108 Å². The maximum absolute atomic E-state index is 12.8. The molecule has 0 aliphatic carbocycles. The van der Waals surface area contributed by atoms with Gasteiger partial charge >= 0.3 is 5.97 Å². The minimum Gasteiger partial charge on any atom is -0.462 e. The van der Waals surface area contributed by atoms with Crippen LogP contribution in [0.3, 0.4) is 0 Å². The number of esters is 1. The van der Waals surface area contributed by atoms with Gasteiger partial charge in [0.2, 0.25) is 0 Å². The average molecular weight is 546 g/mol. The number of fused-ring (bicyclic) bond motifs is 7. The number of halogens is 1. The molecule has 0 aliphatic rings. The van der Waals surface area contributed by atoms with Crippen LogP contribution >= 0.6 is 15.9 Å². The summed E-state index contributed by atoms with van der Waals surface area (Å²) in [4.78, 5) is 12.8. The summed E-state index contributed by atoms with van der Waals surface area (Å²) in [6, 6.07) is 17.5. The van der Waals surface area contributed by atoms with Crippen molar-refractivity contribution in [1.29, 1.82) is 0 Å². The van der Waals surface area contributed by atoms with Gasteiger partial charge in [-0.15, -0.1) is 0 Å². The highest BCUT2D eigenvalue weighted by Crippen LogP contribution is 2.38. The Morgan fingerprint density at radius 3 is 1.86 bits per heavy atom. The van der Waals surface area contributed by atoms with Gasteiger partial charge in [-0.25, -0.2) is 4.79 Å². The third-order valence-electron chi connectivity index (χ3n) is 7.24. The average Bonchev–Trinajstić information content (AvgIpc) is 2.78. The van der Waals surface area contributed by atoms with E-state index in [9.17, 15) is 4.79 Å². The molecule has 0 N–H and O–H groups in total. The van der Waals surface area contributed by atoms with E-state index in [1.807, 2.05) is 19.1 Å². The molecule has 188 valence electrons. The van der Waals surface area contributed by atoms with E-state index >= 15 is 0 Å². The normalized spacial score (nSPS) is 12.4. The fourth-order valence-electron chi connectivity index (χ4n) is 4.83. The Balaban J connectivity index is 2.38. The van der Waals surface area contributed by atoms with E-state index in [1.165, 1.54) is 38.4 Å². The van der Waals surface area contributed by atoms with Crippen molar-refractivity contribution in [3.63, 3.8) is 0 Å². The van der Waals surface area contributed by atoms with Crippen molar-refractivity contribution in [2.24, 2.45) is 0 Å². The van der Waals surface area contributed by atoms with Crippen LogP contribution in [0.2, 0.25) is 0 Å². The van der Waals surface area contributed by atoms with E-state index < -0.39 is 0 Å². The van der Waals surface area contributed by atoms with E-state index in [1.54, 1.807) is 0 Å². The zero-order chi connectivity index (χ0) is 26.6. The van der Waals surface area contributed by atoms with Gasteiger partial charge in [-0.2, -0.15) is 0 Å². The van der Waals surface area contributed by atoms with Gasteiger partial charge in [0.15, 0.2) is 0 Å². The first-order valence-corrected chi connectivity index (χ1v) is 13.5. The Bertz CT molecular complexity index is 1550. The number of hydrogen-bond donors (Lipinski definition) is 0. The first-order chi connectivity index (χ1) is 16.7. The molecule has 0 spiro atoms. The van der Waals surface area contributed by atoms with Gasteiger partial charge in [-0.3, -0.25) is 0 Å². The van der Waals surface area contributed by atoms with E-state index in [0.29, 0.717) is 12.2 Å². The minimum absolute atomic E-state index is 0.00367. The largest absolute Gasteiger partial charge is 0.462 e. The number of ether oxygens (including phenoxy) is 1. The molecular formula is C33H37BrO2. The minimum atomic E-state index is -0.288. The van der Waals surface area contributed by atoms with Crippen molar-refractivity contribution >= 4 is 54.2 Å². The van der Waals surface area contributed by atoms with Gasteiger partial charge in [0.25, 0.3) is 0 Å². The third-order valence-corrected chi connectivity index (χ3v) is 7.89. The Labute approximate surface area is 223 Å². The molecule has 0 aromatic heterocycles. The number of carbonyl (C=O) groups is 1. The summed E-state index contributed by atoms with van der Waals surface area (Å²) in [7, 11) is 0. The van der Waals surface area contributed by atoms with Crippen molar-refractivity contribution in [1.82, 2.24) is 0 Å². The van der Waals surface area contributed by atoms with Gasteiger partial charge in [-0.05, 0) is 110 Å². The SMILES string of the molecule is CCOC(=O)c1ccc2c3cc(C(C)(C)C)cc(cc(Br)c4cc(C(C)(C)C)cc(c4C)c2c1)c3C. The summed E-state index contributed by atoms with van der Waals surface area (Å²) in [5.74, 6) is -0.288. The van der Waals surface area contributed by atoms with Crippen LogP contribution in [0.4, 0.5) is 0 Å². The molecule has 0 amide bonds. The fourth-order valence-corrected chi connectivity index (χ4v) is 5.49. The molecule has 4 aromatic carbocycles. The van der Waals surface area contributed by atoms with Crippen LogP contribution in [0, 0.1) is 13.8 Å². The van der Waals surface area contributed by atoms with E-state index in [-0.39, 0.29) is 16.8 Å². The smallest absolute Gasteiger partial charge is 0.338 e. The van der Waals surface area contributed by atoms with Crippen molar-refractivity contribution in [2.45, 2.75) is 73.1 Å². The second-order valence-electron chi connectivity index (χ2n) is 11.9. The second-order valence-corrected chi connectivity index (χ2v) is 12.8. The summed E-state index contributed by atoms with van der Waals surface area (Å²) in [6.07, 6.45) is 0. The molecule has 4 rings (SSSR count). The monoisotopic (exact) mass is 544 g/mol. The number of carbonyl (C=O) groups excluding carboxylic acids is 1. The molecule has 0 unspecified atom stereocenters. The Morgan fingerprint density at radius 2 is 1.28 bits per heavy atom. The molecule has 0 fully saturated rings. The Hall–Kier alpha value is -2.65. The maximum atomic E-state index is 12.8. The number of benzene rings is 3. The standard InChI is InChI=1S/C33H37BrO2/c1-10-36-31(35)21-11-12-25-26-16-23(32(4,5)6)13-22(19(26)2)15-30(34)28-18-24(33(7,8)9)17-27(20(28)3)29(25)14-21/h11-18H,10H2,1-9H3. The zero-order valence-corrected chi connectivity index (χ0v) is 24.6. The first kappa shape index (κ1) is 26.4. The molecule has 0 atom stereocenters. The highest BCUT2D eigenvalue weighted by molar-refractivity contribution is 9.10.